The van der Waals surface area contributed by atoms with Crippen molar-refractivity contribution in [3.8, 4) is 0 Å². The number of hydrogen-bond acceptors (Lipinski definition) is 3. The number of nitrogens with zero attached hydrogens (tertiary/aromatic N) is 1. The summed E-state index contributed by atoms with van der Waals surface area (Å²) in [7, 11) is 0. The van der Waals surface area contributed by atoms with Crippen molar-refractivity contribution in [2.75, 3.05) is 5.73 Å². The Morgan fingerprint density at radius 3 is 2.60 bits per heavy atom. The summed E-state index contributed by atoms with van der Waals surface area (Å²) in [4.78, 5) is 12.0. The van der Waals surface area contributed by atoms with Crippen molar-refractivity contribution >= 4 is 27.3 Å². The molecule has 0 atom stereocenters. The second-order valence-corrected chi connectivity index (χ2v) is 5.60. The van der Waals surface area contributed by atoms with Gasteiger partial charge in [-0.05, 0) is 39.0 Å². The van der Waals surface area contributed by atoms with Gasteiger partial charge in [0.15, 0.2) is 0 Å². The number of hydrogen-bond donors (Lipinski definition) is 1. The fourth-order valence-electron chi connectivity index (χ4n) is 1.48. The quantitative estimate of drug-likeness (QED) is 0.696. The maximum absolute atomic E-state index is 12.0. The summed E-state index contributed by atoms with van der Waals surface area (Å²) in [5.41, 5.74) is 6.29. The third-order valence-electron chi connectivity index (χ3n) is 2.22. The molecule has 1 aromatic heterocycles. The van der Waals surface area contributed by atoms with Crippen molar-refractivity contribution in [2.24, 2.45) is 0 Å². The Bertz CT molecular complexity index is 560. The molecule has 1 aromatic carbocycles. The van der Waals surface area contributed by atoms with E-state index in [1.807, 2.05) is 26.8 Å². The first kappa shape index (κ1) is 10.2. The van der Waals surface area contributed by atoms with Gasteiger partial charge in [-0.25, -0.2) is 0 Å². The largest absolute Gasteiger partial charge is 0.399 e. The molecule has 0 aliphatic rings. The number of rotatable bonds is 0. The van der Waals surface area contributed by atoms with E-state index in [4.69, 9.17) is 5.73 Å². The van der Waals surface area contributed by atoms with Crippen LogP contribution < -0.4 is 11.3 Å². The van der Waals surface area contributed by atoms with Gasteiger partial charge in [-0.15, -0.1) is 0 Å². The lowest BCUT2D eigenvalue weighted by Gasteiger charge is -2.17. The van der Waals surface area contributed by atoms with Crippen LogP contribution in [0, 0.1) is 0 Å². The molecular formula is C11H14N2OS. The molecule has 0 saturated carbocycles. The van der Waals surface area contributed by atoms with Crippen molar-refractivity contribution in [1.29, 1.82) is 0 Å². The highest BCUT2D eigenvalue weighted by Crippen LogP contribution is 2.24. The standard InChI is InChI=1S/C11H14N2OS/c1-11(2,3)13-10(14)8-5-4-7(12)6-9(8)15-13/h4-6H,12H2,1-3H3. The Morgan fingerprint density at radius 1 is 1.33 bits per heavy atom. The number of nitrogen functional groups attached to an aromatic ring is 1. The van der Waals surface area contributed by atoms with Crippen LogP contribution >= 0.6 is 11.5 Å². The number of fused-ring (bicyclic) bond motifs is 1. The second-order valence-electron chi connectivity index (χ2n) is 4.62. The van der Waals surface area contributed by atoms with E-state index < -0.39 is 0 Å². The van der Waals surface area contributed by atoms with Crippen LogP contribution in [0.2, 0.25) is 0 Å². The highest BCUT2D eigenvalue weighted by atomic mass is 32.1. The molecule has 2 aromatic rings. The molecule has 0 unspecified atom stereocenters. The topological polar surface area (TPSA) is 48.0 Å². The minimum Gasteiger partial charge on any atom is -0.399 e. The number of anilines is 1. The van der Waals surface area contributed by atoms with Gasteiger partial charge in [0.25, 0.3) is 5.56 Å². The molecule has 4 heteroatoms. The summed E-state index contributed by atoms with van der Waals surface area (Å²) >= 11 is 1.47. The molecule has 0 fully saturated rings. The number of benzene rings is 1. The van der Waals surface area contributed by atoms with Crippen molar-refractivity contribution in [3.63, 3.8) is 0 Å². The Morgan fingerprint density at radius 2 is 2.00 bits per heavy atom. The van der Waals surface area contributed by atoms with E-state index in [1.165, 1.54) is 11.5 Å². The first-order valence-electron chi connectivity index (χ1n) is 4.81. The highest BCUT2D eigenvalue weighted by Gasteiger charge is 2.18. The van der Waals surface area contributed by atoms with Gasteiger partial charge >= 0.3 is 0 Å². The molecule has 2 N–H and O–H groups in total. The van der Waals surface area contributed by atoms with Crippen LogP contribution in [-0.4, -0.2) is 3.96 Å². The summed E-state index contributed by atoms with van der Waals surface area (Å²) in [5, 5.41) is 0.754. The number of aromatic nitrogens is 1. The lowest BCUT2D eigenvalue weighted by atomic mass is 10.1. The van der Waals surface area contributed by atoms with Gasteiger partial charge in [-0.3, -0.25) is 8.75 Å². The van der Waals surface area contributed by atoms with E-state index >= 15 is 0 Å². The Hall–Kier alpha value is -1.29. The smallest absolute Gasteiger partial charge is 0.269 e. The van der Waals surface area contributed by atoms with Gasteiger partial charge in [0.2, 0.25) is 0 Å². The minimum atomic E-state index is -0.171. The van der Waals surface area contributed by atoms with E-state index in [1.54, 1.807) is 16.1 Å². The zero-order chi connectivity index (χ0) is 11.2. The molecule has 80 valence electrons. The van der Waals surface area contributed by atoms with Gasteiger partial charge in [-0.2, -0.15) is 0 Å². The first-order chi connectivity index (χ1) is 6.89. The summed E-state index contributed by atoms with van der Waals surface area (Å²) in [6, 6.07) is 5.42. The van der Waals surface area contributed by atoms with Gasteiger partial charge in [0.1, 0.15) is 0 Å². The van der Waals surface area contributed by atoms with Gasteiger partial charge in [-0.1, -0.05) is 11.5 Å². The normalized spacial score (nSPS) is 12.2. The minimum absolute atomic E-state index is 0.0718. The Balaban J connectivity index is 2.81. The van der Waals surface area contributed by atoms with Crippen LogP contribution in [0.5, 0.6) is 0 Å². The van der Waals surface area contributed by atoms with Crippen LogP contribution in [-0.2, 0) is 5.54 Å². The molecule has 3 nitrogen and oxygen atoms in total. The van der Waals surface area contributed by atoms with E-state index in [9.17, 15) is 4.79 Å². The predicted octanol–water partition coefficient (Wildman–Crippen LogP) is 2.40. The van der Waals surface area contributed by atoms with E-state index in [-0.39, 0.29) is 11.1 Å². The van der Waals surface area contributed by atoms with Crippen molar-refractivity contribution in [1.82, 2.24) is 3.96 Å². The van der Waals surface area contributed by atoms with Crippen molar-refractivity contribution < 1.29 is 0 Å². The maximum atomic E-state index is 12.0. The van der Waals surface area contributed by atoms with Crippen LogP contribution in [0.3, 0.4) is 0 Å². The number of nitrogens with two attached hydrogens (primary N) is 1. The molecular weight excluding hydrogens is 208 g/mol. The van der Waals surface area contributed by atoms with Gasteiger partial charge in [0.05, 0.1) is 15.6 Å². The molecule has 0 radical (unpaired) electrons. The Labute approximate surface area is 92.3 Å². The molecule has 15 heavy (non-hydrogen) atoms. The van der Waals surface area contributed by atoms with E-state index in [2.05, 4.69) is 0 Å². The lowest BCUT2D eigenvalue weighted by molar-refractivity contribution is 0.420. The molecule has 1 heterocycles. The zero-order valence-corrected chi connectivity index (χ0v) is 9.89. The first-order valence-corrected chi connectivity index (χ1v) is 5.59. The van der Waals surface area contributed by atoms with Crippen molar-refractivity contribution in [2.45, 2.75) is 26.3 Å². The molecule has 0 aliphatic carbocycles. The van der Waals surface area contributed by atoms with E-state index in [0.717, 1.165) is 10.1 Å². The van der Waals surface area contributed by atoms with Gasteiger partial charge < -0.3 is 5.73 Å². The SMILES string of the molecule is CC(C)(C)n1sc2cc(N)ccc2c1=O. The van der Waals surface area contributed by atoms with Crippen molar-refractivity contribution in [3.05, 3.63) is 28.6 Å². The zero-order valence-electron chi connectivity index (χ0n) is 9.07. The molecule has 0 aliphatic heterocycles. The fourth-order valence-corrected chi connectivity index (χ4v) is 2.58. The summed E-state index contributed by atoms with van der Waals surface area (Å²) in [6.45, 7) is 6.06. The lowest BCUT2D eigenvalue weighted by Crippen LogP contribution is -2.29. The predicted molar refractivity (Wildman–Crippen MR) is 65.5 cm³/mol. The maximum Gasteiger partial charge on any atom is 0.269 e. The molecule has 0 saturated heterocycles. The third-order valence-corrected chi connectivity index (χ3v) is 3.65. The van der Waals surface area contributed by atoms with Crippen LogP contribution in [0.15, 0.2) is 23.0 Å². The molecule has 0 bridgehead atoms. The third kappa shape index (κ3) is 1.65. The van der Waals surface area contributed by atoms with Crippen LogP contribution in [0.4, 0.5) is 5.69 Å². The fraction of sp³-hybridized carbons (Fsp3) is 0.364. The summed E-state index contributed by atoms with van der Waals surface area (Å²) in [5.74, 6) is 0. The average molecular weight is 222 g/mol. The average Bonchev–Trinajstić information content (AvgIpc) is 2.42. The Kier molecular flexibility index (Phi) is 2.12. The molecule has 0 spiro atoms. The van der Waals surface area contributed by atoms with Crippen LogP contribution in [0.1, 0.15) is 20.8 Å². The molecule has 0 amide bonds. The van der Waals surface area contributed by atoms with Crippen LogP contribution in [0.25, 0.3) is 10.1 Å². The van der Waals surface area contributed by atoms with E-state index in [0.29, 0.717) is 5.69 Å². The monoisotopic (exact) mass is 222 g/mol. The van der Waals surface area contributed by atoms with Gasteiger partial charge in [0, 0.05) is 5.69 Å². The highest BCUT2D eigenvalue weighted by molar-refractivity contribution is 7.14. The molecule has 2 rings (SSSR count). The summed E-state index contributed by atoms with van der Waals surface area (Å²) in [6.07, 6.45) is 0. The second kappa shape index (κ2) is 3.10. The summed E-state index contributed by atoms with van der Waals surface area (Å²) < 4.78 is 2.74.